The van der Waals surface area contributed by atoms with Gasteiger partial charge in [0.05, 0.1) is 12.3 Å². The molecule has 2 heterocycles. The number of ether oxygens (including phenoxy) is 1. The average Bonchev–Trinajstić information content (AvgIpc) is 2.95. The number of hydrogen-bond acceptors (Lipinski definition) is 6. The lowest BCUT2D eigenvalue weighted by Gasteiger charge is -2.40. The monoisotopic (exact) mass is 376 g/mol. The van der Waals surface area contributed by atoms with E-state index >= 15 is 0 Å². The molecule has 1 aliphatic rings. The Morgan fingerprint density at radius 2 is 1.63 bits per heavy atom. The zero-order valence-corrected chi connectivity index (χ0v) is 15.9. The van der Waals surface area contributed by atoms with Crippen molar-refractivity contribution in [2.75, 3.05) is 6.61 Å². The summed E-state index contributed by atoms with van der Waals surface area (Å²) in [7, 11) is 0. The summed E-state index contributed by atoms with van der Waals surface area (Å²) in [6.07, 6.45) is -4.40. The van der Waals surface area contributed by atoms with E-state index in [1.807, 2.05) is 13.8 Å². The van der Waals surface area contributed by atoms with Crippen molar-refractivity contribution in [1.82, 2.24) is 9.78 Å². The largest absolute Gasteiger partial charge is 0.394 e. The Kier molecular flexibility index (Phi) is 5.98. The molecule has 4 N–H and O–H groups in total. The van der Waals surface area contributed by atoms with Gasteiger partial charge in [-0.15, -0.1) is 0 Å². The predicted octanol–water partition coefficient (Wildman–Crippen LogP) is 0.626. The number of hydrogen-bond donors (Lipinski definition) is 4. The first-order valence-electron chi connectivity index (χ1n) is 9.30. The fourth-order valence-electron chi connectivity index (χ4n) is 3.58. The van der Waals surface area contributed by atoms with Crippen molar-refractivity contribution < 1.29 is 25.2 Å². The summed E-state index contributed by atoms with van der Waals surface area (Å²) in [4.78, 5) is 0. The van der Waals surface area contributed by atoms with Crippen LogP contribution in [0.15, 0.2) is 24.3 Å². The molecule has 1 fully saturated rings. The van der Waals surface area contributed by atoms with Gasteiger partial charge in [0.1, 0.15) is 24.4 Å². The summed E-state index contributed by atoms with van der Waals surface area (Å²) in [5, 5.41) is 44.3. The van der Waals surface area contributed by atoms with Gasteiger partial charge in [-0.2, -0.15) is 5.10 Å². The molecule has 0 radical (unpaired) electrons. The zero-order chi connectivity index (χ0) is 19.7. The maximum absolute atomic E-state index is 10.4. The highest BCUT2D eigenvalue weighted by Gasteiger charge is 2.45. The van der Waals surface area contributed by atoms with Gasteiger partial charge in [-0.25, -0.2) is 4.68 Å². The van der Waals surface area contributed by atoms with Crippen LogP contribution >= 0.6 is 0 Å². The highest BCUT2D eigenvalue weighted by molar-refractivity contribution is 5.33. The van der Waals surface area contributed by atoms with Crippen LogP contribution in [-0.2, 0) is 17.6 Å². The number of rotatable bonds is 5. The van der Waals surface area contributed by atoms with Gasteiger partial charge in [0.2, 0.25) is 0 Å². The normalized spacial score (nSPS) is 28.5. The lowest BCUT2D eigenvalue weighted by Crippen LogP contribution is -2.56. The number of aliphatic hydroxyl groups is 4. The molecule has 5 atom stereocenters. The molecule has 0 saturated carbocycles. The molecule has 0 bridgehead atoms. The van der Waals surface area contributed by atoms with E-state index in [0.29, 0.717) is 6.42 Å². The number of aliphatic hydroxyl groups excluding tert-OH is 4. The van der Waals surface area contributed by atoms with Crippen LogP contribution in [0.5, 0.6) is 0 Å². The Balaban J connectivity index is 1.88. The molecule has 0 unspecified atom stereocenters. The Labute approximate surface area is 158 Å². The first kappa shape index (κ1) is 20.0. The van der Waals surface area contributed by atoms with E-state index in [4.69, 9.17) is 4.74 Å². The topological polar surface area (TPSA) is 108 Å². The van der Waals surface area contributed by atoms with Gasteiger partial charge in [-0.05, 0) is 31.4 Å². The van der Waals surface area contributed by atoms with Gasteiger partial charge >= 0.3 is 0 Å². The lowest BCUT2D eigenvalue weighted by atomic mass is 9.98. The molecule has 3 rings (SSSR count). The zero-order valence-electron chi connectivity index (χ0n) is 15.9. The molecule has 7 nitrogen and oxygen atoms in total. The van der Waals surface area contributed by atoms with E-state index in [0.717, 1.165) is 28.9 Å². The molecular formula is C20H28N2O5. The standard InChI is InChI=1S/C20H28N2O5/c1-4-13-5-7-14(8-6-13)9-15-11(2)21-22(12(15)3)20-19(26)18(25)17(24)16(10-23)27-20/h5-8,16-20,23-26H,4,9-10H2,1-3H3/t16-,17-,18+,19-,20-/m1/s1. The minimum atomic E-state index is -1.42. The van der Waals surface area contributed by atoms with E-state index < -0.39 is 37.3 Å². The summed E-state index contributed by atoms with van der Waals surface area (Å²) in [6, 6.07) is 8.43. The predicted molar refractivity (Wildman–Crippen MR) is 99.3 cm³/mol. The minimum Gasteiger partial charge on any atom is -0.394 e. The fraction of sp³-hybridized carbons (Fsp3) is 0.550. The first-order valence-corrected chi connectivity index (χ1v) is 9.30. The molecule has 7 heteroatoms. The molecule has 1 aromatic carbocycles. The summed E-state index contributed by atoms with van der Waals surface area (Å²) < 4.78 is 7.17. The maximum Gasteiger partial charge on any atom is 0.179 e. The van der Waals surface area contributed by atoms with Crippen molar-refractivity contribution in [3.63, 3.8) is 0 Å². The van der Waals surface area contributed by atoms with Gasteiger partial charge < -0.3 is 25.2 Å². The van der Waals surface area contributed by atoms with Crippen LogP contribution in [0.25, 0.3) is 0 Å². The van der Waals surface area contributed by atoms with Crippen LogP contribution in [0.3, 0.4) is 0 Å². The summed E-state index contributed by atoms with van der Waals surface area (Å²) in [6.45, 7) is 5.44. The molecule has 2 aromatic rings. The van der Waals surface area contributed by atoms with Crippen molar-refractivity contribution in [2.45, 2.75) is 64.3 Å². The van der Waals surface area contributed by atoms with Crippen LogP contribution in [0.2, 0.25) is 0 Å². The molecule has 27 heavy (non-hydrogen) atoms. The second-order valence-electron chi connectivity index (χ2n) is 7.16. The van der Waals surface area contributed by atoms with E-state index in [1.54, 1.807) is 0 Å². The Morgan fingerprint density at radius 1 is 1.00 bits per heavy atom. The quantitative estimate of drug-likeness (QED) is 0.610. The van der Waals surface area contributed by atoms with E-state index in [-0.39, 0.29) is 0 Å². The Bertz CT molecular complexity index is 771. The van der Waals surface area contributed by atoms with Crippen molar-refractivity contribution in [3.8, 4) is 0 Å². The third-order valence-corrected chi connectivity index (χ3v) is 5.40. The van der Waals surface area contributed by atoms with E-state index in [1.165, 1.54) is 10.2 Å². The lowest BCUT2D eigenvalue weighted by molar-refractivity contribution is -0.254. The summed E-state index contributed by atoms with van der Waals surface area (Å²) in [5.74, 6) is 0. The van der Waals surface area contributed by atoms with Gasteiger partial charge in [0, 0.05) is 17.7 Å². The molecule has 0 amide bonds. The fourth-order valence-corrected chi connectivity index (χ4v) is 3.58. The third-order valence-electron chi connectivity index (χ3n) is 5.40. The van der Waals surface area contributed by atoms with Gasteiger partial charge in [-0.1, -0.05) is 31.2 Å². The average molecular weight is 376 g/mol. The highest BCUT2D eigenvalue weighted by atomic mass is 16.6. The Morgan fingerprint density at radius 3 is 2.22 bits per heavy atom. The van der Waals surface area contributed by atoms with Gasteiger partial charge in [0.25, 0.3) is 0 Å². The first-order chi connectivity index (χ1) is 12.9. The molecule has 148 valence electrons. The summed E-state index contributed by atoms with van der Waals surface area (Å²) >= 11 is 0. The maximum atomic E-state index is 10.4. The van der Waals surface area contributed by atoms with E-state index in [2.05, 4.69) is 36.3 Å². The molecule has 1 saturated heterocycles. The molecule has 1 aromatic heterocycles. The molecule has 1 aliphatic heterocycles. The minimum absolute atomic E-state index is 0.461. The van der Waals surface area contributed by atoms with Crippen molar-refractivity contribution in [2.24, 2.45) is 0 Å². The highest BCUT2D eigenvalue weighted by Crippen LogP contribution is 2.31. The number of aryl methyl sites for hydroxylation is 2. The number of benzene rings is 1. The Hall–Kier alpha value is -1.77. The molecular weight excluding hydrogens is 348 g/mol. The SMILES string of the molecule is CCc1ccc(Cc2c(C)nn([C@@H]3O[C@H](CO)[C@@H](O)[C@H](O)[C@H]3O)c2C)cc1. The van der Waals surface area contributed by atoms with Crippen LogP contribution in [-0.4, -0.2) is 61.2 Å². The van der Waals surface area contributed by atoms with Crippen LogP contribution in [0.4, 0.5) is 0 Å². The van der Waals surface area contributed by atoms with Crippen molar-refractivity contribution in [1.29, 1.82) is 0 Å². The summed E-state index contributed by atoms with van der Waals surface area (Å²) in [5.41, 5.74) is 5.09. The van der Waals surface area contributed by atoms with Crippen molar-refractivity contribution in [3.05, 3.63) is 52.3 Å². The van der Waals surface area contributed by atoms with E-state index in [9.17, 15) is 20.4 Å². The number of nitrogens with zero attached hydrogens (tertiary/aromatic N) is 2. The van der Waals surface area contributed by atoms with Crippen LogP contribution in [0.1, 0.15) is 41.2 Å². The van der Waals surface area contributed by atoms with Crippen molar-refractivity contribution >= 4 is 0 Å². The van der Waals surface area contributed by atoms with Crippen LogP contribution < -0.4 is 0 Å². The van der Waals surface area contributed by atoms with Crippen LogP contribution in [0, 0.1) is 13.8 Å². The third kappa shape index (κ3) is 3.79. The second-order valence-corrected chi connectivity index (χ2v) is 7.16. The number of aromatic nitrogens is 2. The molecule has 0 spiro atoms. The molecule has 0 aliphatic carbocycles. The second kappa shape index (κ2) is 8.08. The smallest absolute Gasteiger partial charge is 0.179 e. The van der Waals surface area contributed by atoms with Gasteiger partial charge in [0.15, 0.2) is 6.23 Å². The van der Waals surface area contributed by atoms with Gasteiger partial charge in [-0.3, -0.25) is 0 Å².